The number of rotatable bonds is 2. The fourth-order valence-corrected chi connectivity index (χ4v) is 4.63. The second-order valence-electron chi connectivity index (χ2n) is 9.62. The number of carbonyl (C=O) groups excluding carboxylic acids is 2. The fourth-order valence-electron chi connectivity index (χ4n) is 4.63. The first-order valence-electron chi connectivity index (χ1n) is 10.5. The molecule has 2 heterocycles. The molecule has 0 aromatic heterocycles. The summed E-state index contributed by atoms with van der Waals surface area (Å²) in [6.07, 6.45) is 0. The number of benzene rings is 2. The van der Waals surface area contributed by atoms with Gasteiger partial charge in [0.05, 0.1) is 6.54 Å². The molecule has 2 bridgehead atoms. The van der Waals surface area contributed by atoms with Crippen LogP contribution < -0.4 is 9.80 Å². The molecule has 2 aromatic carbocycles. The van der Waals surface area contributed by atoms with Gasteiger partial charge in [0.1, 0.15) is 5.60 Å². The molecule has 0 aliphatic carbocycles. The Morgan fingerprint density at radius 3 is 2.07 bits per heavy atom. The Hall–Kier alpha value is -2.82. The molecule has 0 fully saturated rings. The lowest BCUT2D eigenvalue weighted by molar-refractivity contribution is -0.163. The number of fused-ring (bicyclic) bond motifs is 7. The minimum absolute atomic E-state index is 0.195. The molecule has 158 valence electrons. The molecule has 5 heteroatoms. The molecule has 0 amide bonds. The van der Waals surface area contributed by atoms with Crippen LogP contribution >= 0.6 is 0 Å². The van der Waals surface area contributed by atoms with E-state index in [-0.39, 0.29) is 12.3 Å². The normalized spacial score (nSPS) is 20.2. The van der Waals surface area contributed by atoms with Crippen molar-refractivity contribution in [3.63, 3.8) is 0 Å². The van der Waals surface area contributed by atoms with E-state index in [1.807, 2.05) is 37.8 Å². The van der Waals surface area contributed by atoms with E-state index >= 15 is 0 Å². The van der Waals surface area contributed by atoms with Gasteiger partial charge in [-0.1, -0.05) is 35.4 Å². The topological polar surface area (TPSA) is 49.9 Å². The van der Waals surface area contributed by atoms with E-state index in [9.17, 15) is 9.59 Å². The number of hydrogen-bond donors (Lipinski definition) is 0. The summed E-state index contributed by atoms with van der Waals surface area (Å²) in [4.78, 5) is 31.1. The van der Waals surface area contributed by atoms with Gasteiger partial charge < -0.3 is 14.5 Å². The first-order valence-corrected chi connectivity index (χ1v) is 10.5. The number of ether oxygens (including phenoxy) is 1. The van der Waals surface area contributed by atoms with Gasteiger partial charge in [-0.2, -0.15) is 0 Å². The molecular weight excluding hydrogens is 376 g/mol. The van der Waals surface area contributed by atoms with Crippen LogP contribution in [-0.2, 0) is 27.4 Å². The van der Waals surface area contributed by atoms with E-state index in [1.54, 1.807) is 0 Å². The maximum Gasteiger partial charge on any atom is 0.342 e. The molecule has 0 unspecified atom stereocenters. The number of ketones is 1. The third-order valence-corrected chi connectivity index (χ3v) is 5.99. The van der Waals surface area contributed by atoms with Crippen molar-refractivity contribution in [3.8, 4) is 0 Å². The Labute approximate surface area is 178 Å². The predicted octanol–water partition coefficient (Wildman–Crippen LogP) is 4.31. The lowest BCUT2D eigenvalue weighted by Crippen LogP contribution is -2.64. The molecule has 0 saturated carbocycles. The Morgan fingerprint density at radius 2 is 1.50 bits per heavy atom. The Balaban J connectivity index is 1.98. The van der Waals surface area contributed by atoms with Gasteiger partial charge in [-0.3, -0.25) is 4.79 Å². The van der Waals surface area contributed by atoms with Crippen molar-refractivity contribution in [2.75, 3.05) is 16.3 Å². The summed E-state index contributed by atoms with van der Waals surface area (Å²) in [5.74, 6) is -0.676. The predicted molar refractivity (Wildman–Crippen MR) is 119 cm³/mol. The molecule has 1 atom stereocenters. The Kier molecular flexibility index (Phi) is 4.68. The number of anilines is 2. The van der Waals surface area contributed by atoms with Crippen molar-refractivity contribution in [3.05, 3.63) is 58.7 Å². The van der Waals surface area contributed by atoms with Crippen LogP contribution in [0.5, 0.6) is 0 Å². The summed E-state index contributed by atoms with van der Waals surface area (Å²) in [5, 5.41) is 0. The lowest BCUT2D eigenvalue weighted by Gasteiger charge is -2.41. The van der Waals surface area contributed by atoms with Crippen molar-refractivity contribution >= 4 is 23.1 Å². The van der Waals surface area contributed by atoms with Gasteiger partial charge in [0, 0.05) is 24.5 Å². The minimum atomic E-state index is -1.40. The molecule has 0 N–H and O–H groups in total. The second-order valence-corrected chi connectivity index (χ2v) is 9.62. The molecule has 4 rings (SSSR count). The maximum absolute atomic E-state index is 13.7. The summed E-state index contributed by atoms with van der Waals surface area (Å²) in [6.45, 7) is 12.5. The van der Waals surface area contributed by atoms with Gasteiger partial charge in [0.15, 0.2) is 5.78 Å². The zero-order valence-corrected chi connectivity index (χ0v) is 18.7. The number of carbonyl (C=O) groups is 2. The number of Topliss-reactive ketones (excluding diaryl/α,β-unsaturated/α-hetero) is 1. The van der Waals surface area contributed by atoms with Crippen molar-refractivity contribution in [2.24, 2.45) is 0 Å². The number of hydrogen-bond acceptors (Lipinski definition) is 5. The minimum Gasteiger partial charge on any atom is -0.458 e. The summed E-state index contributed by atoms with van der Waals surface area (Å²) in [7, 11) is 0. The van der Waals surface area contributed by atoms with Gasteiger partial charge in [-0.05, 0) is 64.8 Å². The van der Waals surface area contributed by atoms with E-state index < -0.39 is 17.1 Å². The number of nitrogens with zero attached hydrogens (tertiary/aromatic N) is 2. The van der Waals surface area contributed by atoms with E-state index in [1.165, 1.54) is 6.92 Å². The Morgan fingerprint density at radius 1 is 0.933 bits per heavy atom. The summed E-state index contributed by atoms with van der Waals surface area (Å²) < 4.78 is 5.84. The van der Waals surface area contributed by atoms with Gasteiger partial charge in [0.25, 0.3) is 0 Å². The highest BCUT2D eigenvalue weighted by atomic mass is 16.6. The third kappa shape index (κ3) is 3.26. The maximum atomic E-state index is 13.7. The lowest BCUT2D eigenvalue weighted by atomic mass is 9.90. The largest absolute Gasteiger partial charge is 0.458 e. The van der Waals surface area contributed by atoms with Gasteiger partial charge in [-0.15, -0.1) is 0 Å². The van der Waals surface area contributed by atoms with Crippen LogP contribution in [0.2, 0.25) is 0 Å². The number of aryl methyl sites for hydroxylation is 2. The van der Waals surface area contributed by atoms with Crippen LogP contribution in [0.4, 0.5) is 11.4 Å². The first kappa shape index (κ1) is 20.5. The average Bonchev–Trinajstić information content (AvgIpc) is 2.84. The van der Waals surface area contributed by atoms with Gasteiger partial charge >= 0.3 is 5.97 Å². The molecule has 0 radical (unpaired) electrons. The molecule has 5 nitrogen and oxygen atoms in total. The zero-order chi connectivity index (χ0) is 21.8. The van der Waals surface area contributed by atoms with Crippen molar-refractivity contribution in [1.82, 2.24) is 0 Å². The fraction of sp³-hybridized carbons (Fsp3) is 0.440. The van der Waals surface area contributed by atoms with E-state index in [2.05, 4.69) is 43.0 Å². The van der Waals surface area contributed by atoms with Gasteiger partial charge in [-0.25, -0.2) is 4.79 Å². The SMILES string of the molecule is CC(=O)[C@]1(C(=O)OC(C)(C)C)CN2Cc3cc(C)ccc3N1Cc1cc(C)ccc12. The van der Waals surface area contributed by atoms with Crippen LogP contribution in [0.15, 0.2) is 36.4 Å². The smallest absolute Gasteiger partial charge is 0.342 e. The Bertz CT molecular complexity index is 1040. The summed E-state index contributed by atoms with van der Waals surface area (Å²) >= 11 is 0. The van der Waals surface area contributed by atoms with Gasteiger partial charge in [0.2, 0.25) is 5.54 Å². The molecule has 30 heavy (non-hydrogen) atoms. The van der Waals surface area contributed by atoms with E-state index in [0.717, 1.165) is 33.6 Å². The molecule has 2 aromatic rings. The van der Waals surface area contributed by atoms with Crippen LogP contribution in [0.1, 0.15) is 49.9 Å². The van der Waals surface area contributed by atoms with Crippen LogP contribution in [0.3, 0.4) is 0 Å². The first-order chi connectivity index (χ1) is 14.0. The molecule has 2 aliphatic rings. The molecular formula is C25H30N2O3. The standard InChI is InChI=1S/C25H30N2O3/c1-16-7-9-21-20(12-16)14-27-22-10-8-17(2)11-19(22)13-26(21)15-25(27,18(3)28)23(29)30-24(4,5)6/h7-12H,13-15H2,1-6H3/t25-/m0/s1. The van der Waals surface area contributed by atoms with E-state index in [0.29, 0.717) is 13.1 Å². The zero-order valence-electron chi connectivity index (χ0n) is 18.7. The van der Waals surface area contributed by atoms with Crippen molar-refractivity contribution in [1.29, 1.82) is 0 Å². The van der Waals surface area contributed by atoms with Crippen molar-refractivity contribution in [2.45, 2.75) is 65.8 Å². The molecule has 2 aliphatic heterocycles. The molecule has 0 saturated heterocycles. The summed E-state index contributed by atoms with van der Waals surface area (Å²) in [5.41, 5.74) is 4.47. The highest BCUT2D eigenvalue weighted by molar-refractivity contribution is 6.12. The van der Waals surface area contributed by atoms with Crippen LogP contribution in [-0.4, -0.2) is 29.4 Å². The average molecular weight is 407 g/mol. The highest BCUT2D eigenvalue weighted by Crippen LogP contribution is 2.43. The second kappa shape index (κ2) is 6.86. The van der Waals surface area contributed by atoms with Crippen molar-refractivity contribution < 1.29 is 14.3 Å². The quantitative estimate of drug-likeness (QED) is 0.549. The third-order valence-electron chi connectivity index (χ3n) is 5.99. The molecule has 0 spiro atoms. The monoisotopic (exact) mass is 406 g/mol. The van der Waals surface area contributed by atoms with Crippen LogP contribution in [0.25, 0.3) is 0 Å². The van der Waals surface area contributed by atoms with Crippen LogP contribution in [0, 0.1) is 13.8 Å². The summed E-state index contributed by atoms with van der Waals surface area (Å²) in [6, 6.07) is 12.6. The highest BCUT2D eigenvalue weighted by Gasteiger charge is 2.55. The van der Waals surface area contributed by atoms with E-state index in [4.69, 9.17) is 4.74 Å². The number of esters is 1.